The molecule has 114 valence electrons. The normalized spacial score (nSPS) is 16.9. The molecule has 0 aromatic heterocycles. The molecule has 1 aliphatic rings. The van der Waals surface area contributed by atoms with Crippen molar-refractivity contribution in [3.63, 3.8) is 0 Å². The van der Waals surface area contributed by atoms with Gasteiger partial charge in [-0.2, -0.15) is 5.10 Å². The van der Waals surface area contributed by atoms with E-state index in [-0.39, 0.29) is 11.5 Å². The highest BCUT2D eigenvalue weighted by molar-refractivity contribution is 5.83. The predicted molar refractivity (Wildman–Crippen MR) is 77.0 cm³/mol. The fraction of sp³-hybridized carbons (Fsp3) is 0.467. The molecule has 0 bridgehead atoms. The van der Waals surface area contributed by atoms with E-state index >= 15 is 0 Å². The molecular weight excluding hydrogens is 276 g/mol. The number of hydrogen-bond acceptors (Lipinski definition) is 3. The van der Waals surface area contributed by atoms with Crippen LogP contribution < -0.4 is 5.43 Å². The Hall–Kier alpha value is -1.82. The monoisotopic (exact) mass is 295 g/mol. The van der Waals surface area contributed by atoms with Crippen molar-refractivity contribution in [2.24, 2.45) is 5.10 Å². The Morgan fingerprint density at radius 3 is 2.62 bits per heavy atom. The summed E-state index contributed by atoms with van der Waals surface area (Å²) in [6.45, 7) is 2.14. The third kappa shape index (κ3) is 5.23. The summed E-state index contributed by atoms with van der Waals surface area (Å²) >= 11 is 0. The van der Waals surface area contributed by atoms with E-state index in [2.05, 4.69) is 15.4 Å². The van der Waals surface area contributed by atoms with Gasteiger partial charge in [0.15, 0.2) is 0 Å². The predicted octanol–water partition coefficient (Wildman–Crippen LogP) is 2.29. The number of amides is 1. The van der Waals surface area contributed by atoms with Crippen LogP contribution >= 0.6 is 0 Å². The highest BCUT2D eigenvalue weighted by Crippen LogP contribution is 2.09. The Morgan fingerprint density at radius 1 is 1.24 bits per heavy atom. The first kappa shape index (κ1) is 15.6. The topological polar surface area (TPSA) is 44.7 Å². The maximum Gasteiger partial charge on any atom is 0.254 e. The molecule has 0 radical (unpaired) electrons. The molecule has 1 saturated heterocycles. The number of hydrazone groups is 1. The molecule has 1 heterocycles. The molecule has 0 atom stereocenters. The number of nitrogens with one attached hydrogen (secondary N) is 1. The molecule has 6 heteroatoms. The van der Waals surface area contributed by atoms with Gasteiger partial charge in [0.1, 0.15) is 11.6 Å². The maximum atomic E-state index is 13.3. The number of carbonyl (C=O) groups is 1. The Kier molecular flexibility index (Phi) is 5.80. The molecule has 0 unspecified atom stereocenters. The molecule has 0 spiro atoms. The number of rotatable bonds is 4. The van der Waals surface area contributed by atoms with Crippen molar-refractivity contribution < 1.29 is 13.6 Å². The Balaban J connectivity index is 1.81. The number of hydrogen-bond donors (Lipinski definition) is 1. The van der Waals surface area contributed by atoms with E-state index in [1.807, 2.05) is 0 Å². The molecule has 1 amide bonds. The SMILES string of the molecule is O=C(CN1CCCCCC1)NN=Cc1ccc(F)cc1F. The van der Waals surface area contributed by atoms with Gasteiger partial charge in [-0.05, 0) is 38.1 Å². The summed E-state index contributed by atoms with van der Waals surface area (Å²) in [6.07, 6.45) is 5.81. The van der Waals surface area contributed by atoms with Gasteiger partial charge in [-0.1, -0.05) is 12.8 Å². The number of carbonyl (C=O) groups excluding carboxylic acids is 1. The van der Waals surface area contributed by atoms with Gasteiger partial charge in [-0.25, -0.2) is 14.2 Å². The van der Waals surface area contributed by atoms with Crippen LogP contribution in [0.5, 0.6) is 0 Å². The molecule has 1 aromatic carbocycles. The summed E-state index contributed by atoms with van der Waals surface area (Å²) in [5.41, 5.74) is 2.50. The second-order valence-corrected chi connectivity index (χ2v) is 5.15. The lowest BCUT2D eigenvalue weighted by Gasteiger charge is -2.17. The second kappa shape index (κ2) is 7.83. The fourth-order valence-electron chi connectivity index (χ4n) is 2.31. The minimum atomic E-state index is -0.708. The number of likely N-dealkylation sites (tertiary alicyclic amines) is 1. The molecule has 21 heavy (non-hydrogen) atoms. The van der Waals surface area contributed by atoms with Crippen LogP contribution in [0.3, 0.4) is 0 Å². The number of halogens is 2. The van der Waals surface area contributed by atoms with Crippen molar-refractivity contribution in [1.82, 2.24) is 10.3 Å². The highest BCUT2D eigenvalue weighted by atomic mass is 19.1. The average molecular weight is 295 g/mol. The third-order valence-electron chi connectivity index (χ3n) is 3.42. The molecule has 1 aromatic rings. The standard InChI is InChI=1S/C15H19F2N3O/c16-13-6-5-12(14(17)9-13)10-18-19-15(21)11-20-7-3-1-2-4-8-20/h5-6,9-10H,1-4,7-8,11H2,(H,19,21). The van der Waals surface area contributed by atoms with E-state index in [0.717, 1.165) is 38.1 Å². The number of nitrogens with zero attached hydrogens (tertiary/aromatic N) is 2. The van der Waals surface area contributed by atoms with Gasteiger partial charge in [0.25, 0.3) is 5.91 Å². The van der Waals surface area contributed by atoms with E-state index in [9.17, 15) is 13.6 Å². The van der Waals surface area contributed by atoms with Gasteiger partial charge in [-0.3, -0.25) is 9.69 Å². The maximum absolute atomic E-state index is 13.3. The Bertz CT molecular complexity index is 512. The summed E-state index contributed by atoms with van der Waals surface area (Å²) in [7, 11) is 0. The summed E-state index contributed by atoms with van der Waals surface area (Å²) in [4.78, 5) is 13.8. The summed E-state index contributed by atoms with van der Waals surface area (Å²) in [5, 5.41) is 3.71. The zero-order valence-electron chi connectivity index (χ0n) is 11.8. The van der Waals surface area contributed by atoms with Crippen LogP contribution in [0.4, 0.5) is 8.78 Å². The lowest BCUT2D eigenvalue weighted by Crippen LogP contribution is -2.35. The third-order valence-corrected chi connectivity index (χ3v) is 3.42. The quantitative estimate of drug-likeness (QED) is 0.684. The highest BCUT2D eigenvalue weighted by Gasteiger charge is 2.12. The number of benzene rings is 1. The smallest absolute Gasteiger partial charge is 0.254 e. The molecule has 4 nitrogen and oxygen atoms in total. The molecule has 1 fully saturated rings. The fourth-order valence-corrected chi connectivity index (χ4v) is 2.31. The molecule has 0 saturated carbocycles. The molecule has 1 N–H and O–H groups in total. The van der Waals surface area contributed by atoms with Crippen LogP contribution in [-0.2, 0) is 4.79 Å². The lowest BCUT2D eigenvalue weighted by atomic mass is 10.2. The van der Waals surface area contributed by atoms with Crippen LogP contribution in [0.25, 0.3) is 0 Å². The van der Waals surface area contributed by atoms with Crippen LogP contribution in [0.15, 0.2) is 23.3 Å². The first-order chi connectivity index (χ1) is 10.1. The summed E-state index contributed by atoms with van der Waals surface area (Å²) in [6, 6.07) is 3.19. The Morgan fingerprint density at radius 2 is 1.95 bits per heavy atom. The average Bonchev–Trinajstić information content (AvgIpc) is 2.70. The molecule has 2 rings (SSSR count). The zero-order valence-corrected chi connectivity index (χ0v) is 11.8. The van der Waals surface area contributed by atoms with Crippen LogP contribution in [0.2, 0.25) is 0 Å². The van der Waals surface area contributed by atoms with E-state index in [4.69, 9.17) is 0 Å². The van der Waals surface area contributed by atoms with Gasteiger partial charge in [0.2, 0.25) is 0 Å². The van der Waals surface area contributed by atoms with Crippen molar-refractivity contribution >= 4 is 12.1 Å². The van der Waals surface area contributed by atoms with Crippen LogP contribution in [-0.4, -0.2) is 36.7 Å². The van der Waals surface area contributed by atoms with E-state index < -0.39 is 11.6 Å². The van der Waals surface area contributed by atoms with Gasteiger partial charge >= 0.3 is 0 Å². The van der Waals surface area contributed by atoms with Gasteiger partial charge < -0.3 is 0 Å². The molecular formula is C15H19F2N3O. The van der Waals surface area contributed by atoms with Gasteiger partial charge in [0, 0.05) is 11.6 Å². The van der Waals surface area contributed by atoms with Crippen LogP contribution in [0, 0.1) is 11.6 Å². The largest absolute Gasteiger partial charge is 0.294 e. The van der Waals surface area contributed by atoms with Crippen LogP contribution in [0.1, 0.15) is 31.2 Å². The lowest BCUT2D eigenvalue weighted by molar-refractivity contribution is -0.122. The summed E-state index contributed by atoms with van der Waals surface area (Å²) in [5.74, 6) is -1.58. The first-order valence-electron chi connectivity index (χ1n) is 7.14. The Labute approximate surface area is 122 Å². The molecule has 1 aliphatic heterocycles. The van der Waals surface area contributed by atoms with Crippen molar-refractivity contribution in [1.29, 1.82) is 0 Å². The van der Waals surface area contributed by atoms with E-state index in [1.165, 1.54) is 25.1 Å². The van der Waals surface area contributed by atoms with Gasteiger partial charge in [0.05, 0.1) is 12.8 Å². The zero-order chi connectivity index (χ0) is 15.1. The first-order valence-corrected chi connectivity index (χ1v) is 7.14. The van der Waals surface area contributed by atoms with E-state index in [1.54, 1.807) is 0 Å². The van der Waals surface area contributed by atoms with Crippen molar-refractivity contribution in [3.05, 3.63) is 35.4 Å². The second-order valence-electron chi connectivity index (χ2n) is 5.15. The van der Waals surface area contributed by atoms with Crippen molar-refractivity contribution in [3.8, 4) is 0 Å². The summed E-state index contributed by atoms with van der Waals surface area (Å²) < 4.78 is 26.1. The van der Waals surface area contributed by atoms with Crippen molar-refractivity contribution in [2.75, 3.05) is 19.6 Å². The minimum absolute atomic E-state index is 0.131. The van der Waals surface area contributed by atoms with E-state index in [0.29, 0.717) is 6.54 Å². The van der Waals surface area contributed by atoms with Crippen molar-refractivity contribution in [2.45, 2.75) is 25.7 Å². The van der Waals surface area contributed by atoms with Gasteiger partial charge in [-0.15, -0.1) is 0 Å². The minimum Gasteiger partial charge on any atom is -0.294 e. The molecule has 0 aliphatic carbocycles.